The second-order valence-electron chi connectivity index (χ2n) is 10.8. The Hall–Kier alpha value is -4.92. The van der Waals surface area contributed by atoms with Gasteiger partial charge >= 0.3 is 0 Å². The number of fused-ring (bicyclic) bond motifs is 1. The van der Waals surface area contributed by atoms with E-state index in [4.69, 9.17) is 5.10 Å². The minimum Gasteiger partial charge on any atom is -0.341 e. The number of hydrogen-bond donors (Lipinski definition) is 2. The van der Waals surface area contributed by atoms with E-state index in [2.05, 4.69) is 25.6 Å². The number of rotatable bonds is 7. The molecule has 1 unspecified atom stereocenters. The molecule has 212 valence electrons. The van der Waals surface area contributed by atoms with E-state index in [-0.39, 0.29) is 11.8 Å². The Morgan fingerprint density at radius 3 is 2.38 bits per heavy atom. The lowest BCUT2D eigenvalue weighted by Gasteiger charge is -2.22. The monoisotopic (exact) mass is 559 g/mol. The second-order valence-corrected chi connectivity index (χ2v) is 10.8. The predicted octanol–water partition coefficient (Wildman–Crippen LogP) is 5.99. The molecule has 1 aliphatic rings. The molecule has 42 heavy (non-hydrogen) atoms. The number of amides is 2. The molecule has 1 saturated carbocycles. The highest BCUT2D eigenvalue weighted by atomic mass is 16.2. The average molecular weight is 560 g/mol. The van der Waals surface area contributed by atoms with Crippen molar-refractivity contribution in [3.63, 3.8) is 0 Å². The summed E-state index contributed by atoms with van der Waals surface area (Å²) in [7, 11) is 0. The molecule has 3 heterocycles. The van der Waals surface area contributed by atoms with Gasteiger partial charge in [-0.1, -0.05) is 43.5 Å². The number of pyridine rings is 1. The SMILES string of the molecule is Cc1ncc(-c2ccc(NC(=O)C(C)NC(=O)c3ccc4c(C5CCCCC5)n(-c5ccccn5)nc4c3)cc2)cn1. The number of hydrogen-bond acceptors (Lipinski definition) is 6. The zero-order valence-corrected chi connectivity index (χ0v) is 23.7. The number of carbonyl (C=O) groups is 2. The molecule has 2 aromatic carbocycles. The number of benzene rings is 2. The highest BCUT2D eigenvalue weighted by Crippen LogP contribution is 2.37. The van der Waals surface area contributed by atoms with E-state index in [1.54, 1.807) is 31.6 Å². The Morgan fingerprint density at radius 1 is 0.905 bits per heavy atom. The zero-order valence-electron chi connectivity index (χ0n) is 23.7. The van der Waals surface area contributed by atoms with E-state index in [9.17, 15) is 9.59 Å². The van der Waals surface area contributed by atoms with Crippen molar-refractivity contribution in [2.24, 2.45) is 0 Å². The minimum absolute atomic E-state index is 0.310. The number of nitrogens with one attached hydrogen (secondary N) is 2. The van der Waals surface area contributed by atoms with Gasteiger partial charge in [-0.05, 0) is 68.7 Å². The molecule has 0 bridgehead atoms. The van der Waals surface area contributed by atoms with Gasteiger partial charge in [0.2, 0.25) is 5.91 Å². The molecule has 2 N–H and O–H groups in total. The summed E-state index contributed by atoms with van der Waals surface area (Å²) in [6.07, 6.45) is 11.2. The third-order valence-corrected chi connectivity index (χ3v) is 7.84. The molecule has 3 aromatic heterocycles. The Kier molecular flexibility index (Phi) is 7.72. The van der Waals surface area contributed by atoms with Crippen molar-refractivity contribution < 1.29 is 9.59 Å². The van der Waals surface area contributed by atoms with E-state index < -0.39 is 6.04 Å². The van der Waals surface area contributed by atoms with E-state index in [0.717, 1.165) is 46.4 Å². The smallest absolute Gasteiger partial charge is 0.251 e. The zero-order chi connectivity index (χ0) is 29.1. The van der Waals surface area contributed by atoms with Gasteiger partial charge in [-0.2, -0.15) is 5.10 Å². The summed E-state index contributed by atoms with van der Waals surface area (Å²) in [5.74, 6) is 1.23. The van der Waals surface area contributed by atoms with Gasteiger partial charge in [-0.25, -0.2) is 19.6 Å². The highest BCUT2D eigenvalue weighted by molar-refractivity contribution is 6.02. The van der Waals surface area contributed by atoms with Crippen LogP contribution in [-0.4, -0.2) is 42.6 Å². The first kappa shape index (κ1) is 27.3. The molecule has 9 heteroatoms. The van der Waals surface area contributed by atoms with Gasteiger partial charge in [0.05, 0.1) is 11.2 Å². The van der Waals surface area contributed by atoms with Crippen LogP contribution in [0.5, 0.6) is 0 Å². The summed E-state index contributed by atoms with van der Waals surface area (Å²) in [6.45, 7) is 3.51. The summed E-state index contributed by atoms with van der Waals surface area (Å²) in [5, 5.41) is 11.6. The van der Waals surface area contributed by atoms with Gasteiger partial charge in [0.15, 0.2) is 5.82 Å². The van der Waals surface area contributed by atoms with Crippen LogP contribution < -0.4 is 10.6 Å². The average Bonchev–Trinajstić information content (AvgIpc) is 3.41. The molecular formula is C33H33N7O2. The first-order chi connectivity index (χ1) is 20.5. The lowest BCUT2D eigenvalue weighted by Crippen LogP contribution is -2.41. The second kappa shape index (κ2) is 11.9. The van der Waals surface area contributed by atoms with Gasteiger partial charge in [0.25, 0.3) is 5.91 Å². The third kappa shape index (κ3) is 5.76. The number of aromatic nitrogens is 5. The van der Waals surface area contributed by atoms with Crippen LogP contribution in [-0.2, 0) is 4.79 Å². The number of carbonyl (C=O) groups excluding carboxylic acids is 2. The van der Waals surface area contributed by atoms with Crippen molar-refractivity contribution in [1.29, 1.82) is 0 Å². The molecule has 1 fully saturated rings. The number of anilines is 1. The van der Waals surface area contributed by atoms with Crippen LogP contribution >= 0.6 is 0 Å². The maximum absolute atomic E-state index is 13.2. The molecule has 0 spiro atoms. The quantitative estimate of drug-likeness (QED) is 0.253. The summed E-state index contributed by atoms with van der Waals surface area (Å²) >= 11 is 0. The van der Waals surface area contributed by atoms with Crippen molar-refractivity contribution in [2.45, 2.75) is 57.9 Å². The van der Waals surface area contributed by atoms with Gasteiger partial charge in [-0.3, -0.25) is 9.59 Å². The third-order valence-electron chi connectivity index (χ3n) is 7.84. The van der Waals surface area contributed by atoms with Crippen LogP contribution in [0.1, 0.15) is 66.8 Å². The van der Waals surface area contributed by atoms with Gasteiger partial charge in [0, 0.05) is 46.7 Å². The summed E-state index contributed by atoms with van der Waals surface area (Å²) in [4.78, 5) is 39.1. The standard InChI is InChI=1S/C33H33N7O2/c1-21(32(41)38-27-14-11-23(12-15-27)26-19-35-22(2)36-20-26)37-33(42)25-13-16-28-29(18-25)39-40(30-10-6-7-17-34-30)31(28)24-8-4-3-5-9-24/h6-7,10-21,24H,3-5,8-9H2,1-2H3,(H,37,42)(H,38,41). The fourth-order valence-corrected chi connectivity index (χ4v) is 5.55. The summed E-state index contributed by atoms with van der Waals surface area (Å²) < 4.78 is 1.94. The van der Waals surface area contributed by atoms with Crippen molar-refractivity contribution in [3.8, 4) is 16.9 Å². The van der Waals surface area contributed by atoms with Crippen LogP contribution in [0.25, 0.3) is 27.8 Å². The molecule has 9 nitrogen and oxygen atoms in total. The fourth-order valence-electron chi connectivity index (χ4n) is 5.55. The predicted molar refractivity (Wildman–Crippen MR) is 162 cm³/mol. The maximum atomic E-state index is 13.2. The van der Waals surface area contributed by atoms with Crippen molar-refractivity contribution in [2.75, 3.05) is 5.32 Å². The van der Waals surface area contributed by atoms with Gasteiger partial charge < -0.3 is 10.6 Å². The van der Waals surface area contributed by atoms with Crippen molar-refractivity contribution >= 4 is 28.4 Å². The van der Waals surface area contributed by atoms with E-state index in [0.29, 0.717) is 23.0 Å². The largest absolute Gasteiger partial charge is 0.341 e. The molecule has 1 atom stereocenters. The lowest BCUT2D eigenvalue weighted by atomic mass is 9.85. The van der Waals surface area contributed by atoms with E-state index in [1.165, 1.54) is 19.3 Å². The Bertz CT molecular complexity index is 1710. The van der Waals surface area contributed by atoms with Gasteiger partial charge in [0.1, 0.15) is 11.9 Å². The normalized spacial score (nSPS) is 14.4. The van der Waals surface area contributed by atoms with Crippen LogP contribution in [0.2, 0.25) is 0 Å². The highest BCUT2D eigenvalue weighted by Gasteiger charge is 2.25. The number of nitrogens with zero attached hydrogens (tertiary/aromatic N) is 5. The molecule has 0 radical (unpaired) electrons. The molecule has 1 aliphatic carbocycles. The van der Waals surface area contributed by atoms with Crippen molar-refractivity contribution in [1.82, 2.24) is 30.0 Å². The first-order valence-corrected chi connectivity index (χ1v) is 14.4. The fraction of sp³-hybridized carbons (Fsp3) is 0.273. The van der Waals surface area contributed by atoms with Crippen LogP contribution in [0.3, 0.4) is 0 Å². The van der Waals surface area contributed by atoms with E-state index in [1.807, 2.05) is 66.2 Å². The first-order valence-electron chi connectivity index (χ1n) is 14.4. The van der Waals surface area contributed by atoms with Gasteiger partial charge in [-0.15, -0.1) is 0 Å². The summed E-state index contributed by atoms with van der Waals surface area (Å²) in [6, 6.07) is 18.1. The van der Waals surface area contributed by atoms with Crippen LogP contribution in [0, 0.1) is 6.92 Å². The molecule has 0 saturated heterocycles. The van der Waals surface area contributed by atoms with Crippen LogP contribution in [0.4, 0.5) is 5.69 Å². The molecule has 6 rings (SSSR count). The maximum Gasteiger partial charge on any atom is 0.251 e. The molecule has 5 aromatic rings. The lowest BCUT2D eigenvalue weighted by molar-refractivity contribution is -0.117. The minimum atomic E-state index is -0.748. The molecule has 2 amide bonds. The molecular weight excluding hydrogens is 526 g/mol. The Morgan fingerprint density at radius 2 is 1.67 bits per heavy atom. The topological polar surface area (TPSA) is 115 Å². The Balaban J connectivity index is 1.16. The van der Waals surface area contributed by atoms with Crippen molar-refractivity contribution in [3.05, 3.63) is 96.3 Å². The molecule has 0 aliphatic heterocycles. The number of aryl methyl sites for hydroxylation is 1. The van der Waals surface area contributed by atoms with E-state index >= 15 is 0 Å². The van der Waals surface area contributed by atoms with Crippen LogP contribution in [0.15, 0.2) is 79.3 Å². The summed E-state index contributed by atoms with van der Waals surface area (Å²) in [5.41, 5.74) is 4.82. The Labute approximate surface area is 244 Å².